The number of amides is 2. The predicted molar refractivity (Wildman–Crippen MR) is 144 cm³/mol. The van der Waals surface area contributed by atoms with Gasteiger partial charge < -0.3 is 14.8 Å². The van der Waals surface area contributed by atoms with Crippen molar-refractivity contribution in [2.24, 2.45) is 0 Å². The van der Waals surface area contributed by atoms with Crippen molar-refractivity contribution in [1.29, 1.82) is 0 Å². The average Bonchev–Trinajstić information content (AvgIpc) is 3.23. The number of nitrogens with one attached hydrogen (secondary N) is 1. The monoisotopic (exact) mass is 502 g/mol. The van der Waals surface area contributed by atoms with Crippen LogP contribution in [0.15, 0.2) is 78.9 Å². The molecule has 0 aliphatic heterocycles. The van der Waals surface area contributed by atoms with E-state index < -0.39 is 0 Å². The van der Waals surface area contributed by atoms with Gasteiger partial charge in [-0.05, 0) is 42.7 Å². The molecule has 6 nitrogen and oxygen atoms in total. The molecule has 0 unspecified atom stereocenters. The quantitative estimate of drug-likeness (QED) is 0.276. The molecule has 1 aromatic heterocycles. The van der Waals surface area contributed by atoms with Crippen molar-refractivity contribution < 1.29 is 9.59 Å². The highest BCUT2D eigenvalue weighted by Crippen LogP contribution is 2.19. The molecule has 1 heterocycles. The minimum absolute atomic E-state index is 0.0468. The molecule has 0 saturated carbocycles. The van der Waals surface area contributed by atoms with Crippen LogP contribution in [0.1, 0.15) is 41.0 Å². The molecule has 36 heavy (non-hydrogen) atoms. The maximum atomic E-state index is 13.1. The molecule has 4 rings (SSSR count). The number of aryl methyl sites for hydroxylation is 1. The summed E-state index contributed by atoms with van der Waals surface area (Å²) in [6.07, 6.45) is 3.48. The van der Waals surface area contributed by atoms with E-state index in [0.717, 1.165) is 48.1 Å². The first-order valence-corrected chi connectivity index (χ1v) is 12.7. The third kappa shape index (κ3) is 6.52. The first kappa shape index (κ1) is 25.5. The third-order valence-corrected chi connectivity index (χ3v) is 6.53. The summed E-state index contributed by atoms with van der Waals surface area (Å²) in [5.74, 6) is 0.809. The molecular weight excluding hydrogens is 472 g/mol. The van der Waals surface area contributed by atoms with Crippen LogP contribution in [0.2, 0.25) is 5.02 Å². The Morgan fingerprint density at radius 3 is 2.44 bits per heavy atom. The van der Waals surface area contributed by atoms with Crippen molar-refractivity contribution in [3.8, 4) is 0 Å². The molecule has 2 amide bonds. The summed E-state index contributed by atoms with van der Waals surface area (Å²) < 4.78 is 2.04. The summed E-state index contributed by atoms with van der Waals surface area (Å²) in [5, 5.41) is 3.39. The number of benzene rings is 3. The van der Waals surface area contributed by atoms with Gasteiger partial charge in [0.25, 0.3) is 5.91 Å². The maximum Gasteiger partial charge on any atom is 0.252 e. The molecule has 3 aromatic carbocycles. The lowest BCUT2D eigenvalue weighted by Crippen LogP contribution is -2.30. The molecule has 0 saturated heterocycles. The Labute approximate surface area is 216 Å². The fourth-order valence-electron chi connectivity index (χ4n) is 4.22. The Morgan fingerprint density at radius 2 is 1.64 bits per heavy atom. The van der Waals surface area contributed by atoms with Crippen LogP contribution in [-0.2, 0) is 24.3 Å². The summed E-state index contributed by atoms with van der Waals surface area (Å²) in [7, 11) is 1.84. The van der Waals surface area contributed by atoms with Gasteiger partial charge in [-0.2, -0.15) is 0 Å². The van der Waals surface area contributed by atoms with Gasteiger partial charge in [-0.1, -0.05) is 72.6 Å². The molecule has 0 bridgehead atoms. The number of rotatable bonds is 11. The van der Waals surface area contributed by atoms with Crippen molar-refractivity contribution in [2.45, 2.75) is 38.8 Å². The van der Waals surface area contributed by atoms with Gasteiger partial charge >= 0.3 is 0 Å². The lowest BCUT2D eigenvalue weighted by Gasteiger charge is -2.19. The number of likely N-dealkylation sites (N-methyl/N-ethyl adjacent to an activating group) is 1. The molecule has 7 heteroatoms. The number of unbranched alkanes of at least 4 members (excludes halogenated alkanes) is 2. The van der Waals surface area contributed by atoms with Crippen molar-refractivity contribution in [1.82, 2.24) is 19.8 Å². The van der Waals surface area contributed by atoms with Crippen LogP contribution in [0.5, 0.6) is 0 Å². The normalized spacial score (nSPS) is 10.9. The lowest BCUT2D eigenvalue weighted by atomic mass is 10.1. The minimum atomic E-state index is -0.152. The van der Waals surface area contributed by atoms with Gasteiger partial charge in [-0.25, -0.2) is 4.98 Å². The molecule has 0 radical (unpaired) electrons. The van der Waals surface area contributed by atoms with Gasteiger partial charge in [0, 0.05) is 26.6 Å². The molecule has 1 N–H and O–H groups in total. The largest absolute Gasteiger partial charge is 0.352 e. The number of fused-ring (bicyclic) bond motifs is 1. The number of para-hydroxylation sites is 2. The Balaban J connectivity index is 1.31. The number of nitrogens with zero attached hydrogens (tertiary/aromatic N) is 3. The van der Waals surface area contributed by atoms with E-state index in [9.17, 15) is 9.59 Å². The molecule has 0 spiro atoms. The van der Waals surface area contributed by atoms with E-state index in [1.807, 2.05) is 66.2 Å². The number of aromatic nitrogens is 2. The topological polar surface area (TPSA) is 67.2 Å². The second kappa shape index (κ2) is 12.4. The van der Waals surface area contributed by atoms with Crippen LogP contribution in [0.25, 0.3) is 11.0 Å². The number of imidazole rings is 1. The van der Waals surface area contributed by atoms with Crippen LogP contribution >= 0.6 is 11.6 Å². The molecular formula is C29H31ClN4O2. The highest BCUT2D eigenvalue weighted by molar-refractivity contribution is 6.33. The van der Waals surface area contributed by atoms with E-state index in [4.69, 9.17) is 16.6 Å². The third-order valence-electron chi connectivity index (χ3n) is 6.20. The first-order valence-electron chi connectivity index (χ1n) is 12.3. The highest BCUT2D eigenvalue weighted by Gasteiger charge is 2.16. The Bertz CT molecular complexity index is 1320. The Morgan fingerprint density at radius 1 is 0.917 bits per heavy atom. The van der Waals surface area contributed by atoms with Crippen LogP contribution in [0.4, 0.5) is 0 Å². The van der Waals surface area contributed by atoms with E-state index >= 15 is 0 Å². The second-order valence-corrected chi connectivity index (χ2v) is 9.29. The van der Waals surface area contributed by atoms with Gasteiger partial charge in [0.15, 0.2) is 0 Å². The van der Waals surface area contributed by atoms with E-state index in [2.05, 4.69) is 5.32 Å². The smallest absolute Gasteiger partial charge is 0.252 e. The number of hydrogen-bond acceptors (Lipinski definition) is 3. The van der Waals surface area contributed by atoms with Crippen LogP contribution in [0.3, 0.4) is 0 Å². The molecule has 186 valence electrons. The van der Waals surface area contributed by atoms with Crippen molar-refractivity contribution in [3.05, 3.63) is 101 Å². The Hall–Kier alpha value is -3.64. The number of carbonyl (C=O) groups is 2. The summed E-state index contributed by atoms with van der Waals surface area (Å²) in [6, 6.07) is 25.0. The number of halogens is 1. The van der Waals surface area contributed by atoms with Crippen LogP contribution < -0.4 is 5.32 Å². The predicted octanol–water partition coefficient (Wildman–Crippen LogP) is 5.49. The Kier molecular flexibility index (Phi) is 8.74. The van der Waals surface area contributed by atoms with Crippen molar-refractivity contribution in [3.63, 3.8) is 0 Å². The molecule has 4 aromatic rings. The van der Waals surface area contributed by atoms with E-state index in [-0.39, 0.29) is 18.4 Å². The SMILES string of the molecule is CN(Cc1ccccc1)C(=O)Cn1c(CCCCCNC(=O)c2ccccc2Cl)nc2ccccc21. The van der Waals surface area contributed by atoms with E-state index in [1.165, 1.54) is 0 Å². The molecule has 0 aliphatic rings. The summed E-state index contributed by atoms with van der Waals surface area (Å²) in [6.45, 7) is 1.41. The zero-order chi connectivity index (χ0) is 25.3. The highest BCUT2D eigenvalue weighted by atomic mass is 35.5. The van der Waals surface area contributed by atoms with Crippen molar-refractivity contribution in [2.75, 3.05) is 13.6 Å². The molecule has 0 atom stereocenters. The zero-order valence-electron chi connectivity index (χ0n) is 20.5. The fourth-order valence-corrected chi connectivity index (χ4v) is 4.44. The van der Waals surface area contributed by atoms with Crippen LogP contribution in [-0.4, -0.2) is 39.9 Å². The molecule has 0 fully saturated rings. The van der Waals surface area contributed by atoms with Gasteiger partial charge in [-0.15, -0.1) is 0 Å². The van der Waals surface area contributed by atoms with E-state index in [0.29, 0.717) is 23.7 Å². The van der Waals surface area contributed by atoms with Crippen LogP contribution in [0, 0.1) is 0 Å². The summed E-state index contributed by atoms with van der Waals surface area (Å²) >= 11 is 6.10. The van der Waals surface area contributed by atoms with Crippen molar-refractivity contribution >= 4 is 34.4 Å². The minimum Gasteiger partial charge on any atom is -0.352 e. The van der Waals surface area contributed by atoms with E-state index in [1.54, 1.807) is 29.2 Å². The van der Waals surface area contributed by atoms with Gasteiger partial charge in [0.1, 0.15) is 12.4 Å². The zero-order valence-corrected chi connectivity index (χ0v) is 21.2. The average molecular weight is 503 g/mol. The number of carbonyl (C=O) groups excluding carboxylic acids is 2. The van der Waals surface area contributed by atoms with Gasteiger partial charge in [-0.3, -0.25) is 9.59 Å². The number of hydrogen-bond donors (Lipinski definition) is 1. The standard InChI is InChI=1S/C29H31ClN4O2/c1-33(20-22-12-4-2-5-13-22)28(35)21-34-26-17-10-9-16-25(26)32-27(34)18-6-3-11-19-31-29(36)23-14-7-8-15-24(23)30/h2,4-5,7-10,12-17H,3,6,11,18-21H2,1H3,(H,31,36). The van der Waals surface area contributed by atoms with Gasteiger partial charge in [0.05, 0.1) is 21.6 Å². The second-order valence-electron chi connectivity index (χ2n) is 8.88. The summed E-state index contributed by atoms with van der Waals surface area (Å²) in [5.41, 5.74) is 3.47. The summed E-state index contributed by atoms with van der Waals surface area (Å²) in [4.78, 5) is 31.9. The first-order chi connectivity index (χ1) is 17.5. The lowest BCUT2D eigenvalue weighted by molar-refractivity contribution is -0.131. The fraction of sp³-hybridized carbons (Fsp3) is 0.276. The molecule has 0 aliphatic carbocycles. The van der Waals surface area contributed by atoms with Gasteiger partial charge in [0.2, 0.25) is 5.91 Å². The maximum absolute atomic E-state index is 13.1.